The maximum absolute atomic E-state index is 8.83. The molecule has 2 aromatic carbocycles. The van der Waals surface area contributed by atoms with Crippen LogP contribution in [0.5, 0.6) is 5.75 Å². The van der Waals surface area contributed by atoms with E-state index in [9.17, 15) is 0 Å². The van der Waals surface area contributed by atoms with Crippen molar-refractivity contribution in [1.82, 2.24) is 9.78 Å². The summed E-state index contributed by atoms with van der Waals surface area (Å²) in [6.07, 6.45) is 3.67. The number of rotatable bonds is 5. The second-order valence-electron chi connectivity index (χ2n) is 4.98. The summed E-state index contributed by atoms with van der Waals surface area (Å²) in [5.41, 5.74) is 2.84. The molecule has 23 heavy (non-hydrogen) atoms. The summed E-state index contributed by atoms with van der Waals surface area (Å²) in [5, 5.41) is 13.0. The van der Waals surface area contributed by atoms with Crippen LogP contribution in [0.4, 0.5) is 0 Å². The van der Waals surface area contributed by atoms with E-state index in [-0.39, 0.29) is 0 Å². The predicted octanol–water partition coefficient (Wildman–Crippen LogP) is 4.26. The van der Waals surface area contributed by atoms with Crippen LogP contribution < -0.4 is 4.74 Å². The molecule has 0 amide bonds. The zero-order valence-electron chi connectivity index (χ0n) is 12.3. The fraction of sp³-hybridized carbons (Fsp3) is 0.111. The highest BCUT2D eigenvalue weighted by Crippen LogP contribution is 2.22. The fourth-order valence-corrected chi connectivity index (χ4v) is 2.53. The Hall–Kier alpha value is -2.58. The third kappa shape index (κ3) is 3.99. The van der Waals surface area contributed by atoms with Crippen molar-refractivity contribution in [2.45, 2.75) is 6.54 Å². The van der Waals surface area contributed by atoms with Gasteiger partial charge in [0.15, 0.2) is 0 Å². The minimum Gasteiger partial charge on any atom is -0.492 e. The van der Waals surface area contributed by atoms with Crippen LogP contribution in [0.2, 0.25) is 0 Å². The highest BCUT2D eigenvalue weighted by atomic mass is 79.9. The van der Waals surface area contributed by atoms with E-state index in [1.165, 1.54) is 0 Å². The number of aromatic nitrogens is 2. The van der Waals surface area contributed by atoms with Crippen LogP contribution in [0.1, 0.15) is 5.56 Å². The lowest BCUT2D eigenvalue weighted by Gasteiger charge is -2.08. The first-order chi connectivity index (χ1) is 11.2. The lowest BCUT2D eigenvalue weighted by molar-refractivity contribution is 0.291. The molecule has 0 aliphatic rings. The highest BCUT2D eigenvalue weighted by molar-refractivity contribution is 9.10. The lowest BCUT2D eigenvalue weighted by Crippen LogP contribution is -2.08. The van der Waals surface area contributed by atoms with Crippen LogP contribution >= 0.6 is 15.9 Å². The van der Waals surface area contributed by atoms with Gasteiger partial charge >= 0.3 is 0 Å². The van der Waals surface area contributed by atoms with E-state index in [1.807, 2.05) is 59.4 Å². The molecule has 0 bridgehead atoms. The molecule has 0 spiro atoms. The zero-order valence-corrected chi connectivity index (χ0v) is 13.9. The molecule has 0 aliphatic carbocycles. The minimum atomic E-state index is 0.560. The number of nitriles is 1. The van der Waals surface area contributed by atoms with Crippen molar-refractivity contribution < 1.29 is 4.74 Å². The molecule has 0 aliphatic heterocycles. The van der Waals surface area contributed by atoms with Crippen LogP contribution in [-0.4, -0.2) is 16.4 Å². The molecule has 0 atom stereocenters. The molecule has 0 fully saturated rings. The van der Waals surface area contributed by atoms with Crippen molar-refractivity contribution >= 4 is 15.9 Å². The van der Waals surface area contributed by atoms with Crippen LogP contribution in [0.3, 0.4) is 0 Å². The molecular formula is C18H14BrN3O. The van der Waals surface area contributed by atoms with Gasteiger partial charge in [-0.15, -0.1) is 0 Å². The molecule has 0 saturated heterocycles. The van der Waals surface area contributed by atoms with Gasteiger partial charge in [0.2, 0.25) is 0 Å². The summed E-state index contributed by atoms with van der Waals surface area (Å²) in [5.74, 6) is 0.827. The number of ether oxygens (including phenoxy) is 1. The number of nitrogens with zero attached hydrogens (tertiary/aromatic N) is 3. The van der Waals surface area contributed by atoms with E-state index in [4.69, 9.17) is 10.00 Å². The van der Waals surface area contributed by atoms with Crippen molar-refractivity contribution in [2.75, 3.05) is 6.61 Å². The van der Waals surface area contributed by atoms with Gasteiger partial charge < -0.3 is 4.74 Å². The Balaban J connectivity index is 1.59. The van der Waals surface area contributed by atoms with Crippen LogP contribution in [-0.2, 0) is 6.54 Å². The Kier molecular flexibility index (Phi) is 4.74. The highest BCUT2D eigenvalue weighted by Gasteiger charge is 2.00. The second kappa shape index (κ2) is 7.12. The molecule has 0 N–H and O–H groups in total. The minimum absolute atomic E-state index is 0.560. The summed E-state index contributed by atoms with van der Waals surface area (Å²) < 4.78 is 8.52. The largest absolute Gasteiger partial charge is 0.492 e. The van der Waals surface area contributed by atoms with Gasteiger partial charge in [-0.1, -0.05) is 24.3 Å². The van der Waals surface area contributed by atoms with Gasteiger partial charge in [0.1, 0.15) is 12.4 Å². The van der Waals surface area contributed by atoms with Gasteiger partial charge in [0.05, 0.1) is 28.8 Å². The molecule has 3 rings (SSSR count). The smallest absolute Gasteiger partial charge is 0.119 e. The Labute approximate surface area is 143 Å². The molecule has 1 aromatic heterocycles. The van der Waals surface area contributed by atoms with Gasteiger partial charge in [-0.2, -0.15) is 10.4 Å². The summed E-state index contributed by atoms with van der Waals surface area (Å²) in [4.78, 5) is 0. The van der Waals surface area contributed by atoms with Gasteiger partial charge in [-0.3, -0.25) is 4.68 Å². The molecule has 0 unspecified atom stereocenters. The number of hydrogen-bond acceptors (Lipinski definition) is 3. The zero-order chi connectivity index (χ0) is 16.1. The van der Waals surface area contributed by atoms with Crippen molar-refractivity contribution in [2.24, 2.45) is 0 Å². The van der Waals surface area contributed by atoms with Crippen molar-refractivity contribution in [3.8, 4) is 22.9 Å². The van der Waals surface area contributed by atoms with E-state index in [0.29, 0.717) is 18.7 Å². The molecule has 1 heterocycles. The Morgan fingerprint density at radius 2 is 1.70 bits per heavy atom. The van der Waals surface area contributed by atoms with Gasteiger partial charge in [0.25, 0.3) is 0 Å². The summed E-state index contributed by atoms with van der Waals surface area (Å²) in [6, 6.07) is 17.6. The average molecular weight is 368 g/mol. The molecule has 5 heteroatoms. The monoisotopic (exact) mass is 367 g/mol. The van der Waals surface area contributed by atoms with Crippen LogP contribution in [0.15, 0.2) is 65.4 Å². The van der Waals surface area contributed by atoms with E-state index >= 15 is 0 Å². The summed E-state index contributed by atoms with van der Waals surface area (Å²) >= 11 is 3.37. The summed E-state index contributed by atoms with van der Waals surface area (Å²) in [7, 11) is 0. The fourth-order valence-electron chi connectivity index (χ4n) is 2.20. The van der Waals surface area contributed by atoms with E-state index in [0.717, 1.165) is 21.3 Å². The maximum Gasteiger partial charge on any atom is 0.119 e. The molecule has 114 valence electrons. The second-order valence-corrected chi connectivity index (χ2v) is 5.90. The molecule has 0 radical (unpaired) electrons. The van der Waals surface area contributed by atoms with Gasteiger partial charge in [0, 0.05) is 6.20 Å². The predicted molar refractivity (Wildman–Crippen MR) is 92.0 cm³/mol. The van der Waals surface area contributed by atoms with E-state index < -0.39 is 0 Å². The summed E-state index contributed by atoms with van der Waals surface area (Å²) in [6.45, 7) is 1.26. The van der Waals surface area contributed by atoms with Crippen molar-refractivity contribution in [3.05, 3.63) is 71.0 Å². The van der Waals surface area contributed by atoms with E-state index in [1.54, 1.807) is 6.20 Å². The number of halogens is 1. The third-order valence-electron chi connectivity index (χ3n) is 3.39. The first-order valence-corrected chi connectivity index (χ1v) is 7.95. The SMILES string of the molecule is N#Cc1ccc(-c2ccc(OCCn3cc(Br)cn3)cc2)cc1. The Bertz CT molecular complexity index is 817. The lowest BCUT2D eigenvalue weighted by atomic mass is 10.0. The molecular weight excluding hydrogens is 354 g/mol. The normalized spacial score (nSPS) is 10.3. The molecule has 3 aromatic rings. The molecule has 4 nitrogen and oxygen atoms in total. The van der Waals surface area contributed by atoms with E-state index in [2.05, 4.69) is 27.1 Å². The third-order valence-corrected chi connectivity index (χ3v) is 3.80. The Morgan fingerprint density at radius 1 is 1.04 bits per heavy atom. The average Bonchev–Trinajstić information content (AvgIpc) is 3.01. The van der Waals surface area contributed by atoms with Crippen LogP contribution in [0, 0.1) is 11.3 Å². The Morgan fingerprint density at radius 3 is 2.26 bits per heavy atom. The topological polar surface area (TPSA) is 50.8 Å². The van der Waals surface area contributed by atoms with Gasteiger partial charge in [-0.25, -0.2) is 0 Å². The van der Waals surface area contributed by atoms with Crippen molar-refractivity contribution in [3.63, 3.8) is 0 Å². The van der Waals surface area contributed by atoms with Crippen LogP contribution in [0.25, 0.3) is 11.1 Å². The first kappa shape index (κ1) is 15.3. The first-order valence-electron chi connectivity index (χ1n) is 7.16. The van der Waals surface area contributed by atoms with Crippen molar-refractivity contribution in [1.29, 1.82) is 5.26 Å². The standard InChI is InChI=1S/C18H14BrN3O/c19-17-12-21-22(13-17)9-10-23-18-7-5-16(6-8-18)15-3-1-14(11-20)2-4-15/h1-8,12-13H,9-10H2. The molecule has 0 saturated carbocycles. The number of hydrogen-bond donors (Lipinski definition) is 0. The quantitative estimate of drug-likeness (QED) is 0.676. The number of benzene rings is 2. The maximum atomic E-state index is 8.83. The van der Waals surface area contributed by atoms with Gasteiger partial charge in [-0.05, 0) is 51.3 Å².